The van der Waals surface area contributed by atoms with Crippen LogP contribution in [0.25, 0.3) is 0 Å². The minimum atomic E-state index is -0.521. The van der Waals surface area contributed by atoms with Crippen LogP contribution in [-0.2, 0) is 16.1 Å². The molecule has 0 fully saturated rings. The maximum absolute atomic E-state index is 13.1. The number of benzene rings is 1. The molecule has 0 spiro atoms. The Hall–Kier alpha value is -1.13. The summed E-state index contributed by atoms with van der Waals surface area (Å²) in [6.45, 7) is 4.13. The van der Waals surface area contributed by atoms with E-state index in [-0.39, 0.29) is 17.5 Å². The highest BCUT2D eigenvalue weighted by Gasteiger charge is 2.13. The van der Waals surface area contributed by atoms with E-state index in [0.29, 0.717) is 12.2 Å². The van der Waals surface area contributed by atoms with Crippen LogP contribution in [0.4, 0.5) is 4.39 Å². The van der Waals surface area contributed by atoms with E-state index < -0.39 is 11.9 Å². The van der Waals surface area contributed by atoms with Crippen molar-refractivity contribution in [2.24, 2.45) is 0 Å². The molecule has 0 aromatic heterocycles. The van der Waals surface area contributed by atoms with E-state index in [1.54, 1.807) is 19.1 Å². The average Bonchev–Trinajstić information content (AvgIpc) is 2.31. The summed E-state index contributed by atoms with van der Waals surface area (Å²) in [6, 6.07) is 4.49. The van der Waals surface area contributed by atoms with E-state index in [1.807, 2.05) is 6.92 Å². The van der Waals surface area contributed by atoms with Gasteiger partial charge in [0.1, 0.15) is 11.9 Å². The first-order valence-corrected chi connectivity index (χ1v) is 5.76. The van der Waals surface area contributed by atoms with Gasteiger partial charge in [0.15, 0.2) is 0 Å². The second kappa shape index (κ2) is 6.57. The maximum Gasteiger partial charge on any atom is 0.249 e. The first-order chi connectivity index (χ1) is 8.06. The highest BCUT2D eigenvalue weighted by atomic mass is 35.5. The van der Waals surface area contributed by atoms with Crippen molar-refractivity contribution in [3.63, 3.8) is 0 Å². The van der Waals surface area contributed by atoms with Gasteiger partial charge in [0, 0.05) is 13.2 Å². The predicted molar refractivity (Wildman–Crippen MR) is 64.3 cm³/mol. The van der Waals surface area contributed by atoms with Crippen LogP contribution in [0.15, 0.2) is 18.2 Å². The summed E-state index contributed by atoms with van der Waals surface area (Å²) in [4.78, 5) is 11.5. The van der Waals surface area contributed by atoms with Gasteiger partial charge in [0.2, 0.25) is 5.91 Å². The zero-order chi connectivity index (χ0) is 12.8. The Balaban J connectivity index is 2.56. The van der Waals surface area contributed by atoms with Crippen LogP contribution in [0.5, 0.6) is 0 Å². The molecule has 1 rings (SSSR count). The van der Waals surface area contributed by atoms with Gasteiger partial charge in [0.05, 0.1) is 5.02 Å². The van der Waals surface area contributed by atoms with Gasteiger partial charge in [0.25, 0.3) is 0 Å². The third-order valence-corrected chi connectivity index (χ3v) is 2.69. The van der Waals surface area contributed by atoms with Crippen LogP contribution < -0.4 is 5.32 Å². The third-order valence-electron chi connectivity index (χ3n) is 2.27. The fourth-order valence-corrected chi connectivity index (χ4v) is 1.53. The summed E-state index contributed by atoms with van der Waals surface area (Å²) < 4.78 is 18.2. The van der Waals surface area contributed by atoms with Crippen molar-refractivity contribution in [3.8, 4) is 0 Å². The van der Waals surface area contributed by atoms with Crippen molar-refractivity contribution in [2.75, 3.05) is 6.61 Å². The summed E-state index contributed by atoms with van der Waals surface area (Å²) in [5.74, 6) is -0.733. The van der Waals surface area contributed by atoms with Crippen molar-refractivity contribution in [3.05, 3.63) is 34.6 Å². The molecule has 0 aliphatic heterocycles. The van der Waals surface area contributed by atoms with Crippen LogP contribution >= 0.6 is 11.6 Å². The number of rotatable bonds is 5. The predicted octanol–water partition coefficient (Wildman–Crippen LogP) is 2.52. The molecule has 17 heavy (non-hydrogen) atoms. The zero-order valence-corrected chi connectivity index (χ0v) is 10.6. The SMILES string of the molecule is CCOC(C)C(=O)NCc1cccc(F)c1Cl. The van der Waals surface area contributed by atoms with Gasteiger partial charge >= 0.3 is 0 Å². The van der Waals surface area contributed by atoms with Gasteiger partial charge in [-0.1, -0.05) is 23.7 Å². The molecule has 1 amide bonds. The number of carbonyl (C=O) groups excluding carboxylic acids is 1. The van der Waals surface area contributed by atoms with Gasteiger partial charge < -0.3 is 10.1 Å². The molecular formula is C12H15ClFNO2. The lowest BCUT2D eigenvalue weighted by Gasteiger charge is -2.12. The lowest BCUT2D eigenvalue weighted by Crippen LogP contribution is -2.34. The lowest BCUT2D eigenvalue weighted by atomic mass is 10.2. The fraction of sp³-hybridized carbons (Fsp3) is 0.417. The first-order valence-electron chi connectivity index (χ1n) is 5.38. The van der Waals surface area contributed by atoms with Crippen LogP contribution in [0.3, 0.4) is 0 Å². The lowest BCUT2D eigenvalue weighted by molar-refractivity contribution is -0.131. The molecule has 1 N–H and O–H groups in total. The Kier molecular flexibility index (Phi) is 5.38. The number of halogens is 2. The summed E-state index contributed by atoms with van der Waals surface area (Å²) >= 11 is 5.76. The second-order valence-electron chi connectivity index (χ2n) is 3.53. The molecule has 0 aliphatic carbocycles. The number of carbonyl (C=O) groups is 1. The van der Waals surface area contributed by atoms with Gasteiger partial charge in [-0.05, 0) is 25.5 Å². The van der Waals surface area contributed by atoms with Crippen LogP contribution in [0, 0.1) is 5.82 Å². The van der Waals surface area contributed by atoms with Crippen molar-refractivity contribution < 1.29 is 13.9 Å². The quantitative estimate of drug-likeness (QED) is 0.882. The molecule has 0 saturated heterocycles. The van der Waals surface area contributed by atoms with Crippen molar-refractivity contribution >= 4 is 17.5 Å². The standard InChI is InChI=1S/C12H15ClFNO2/c1-3-17-8(2)12(16)15-7-9-5-4-6-10(14)11(9)13/h4-6,8H,3,7H2,1-2H3,(H,15,16). The Labute approximate surface area is 105 Å². The first kappa shape index (κ1) is 13.9. The van der Waals surface area contributed by atoms with Gasteiger partial charge in [-0.15, -0.1) is 0 Å². The largest absolute Gasteiger partial charge is 0.369 e. The van der Waals surface area contributed by atoms with Crippen molar-refractivity contribution in [1.82, 2.24) is 5.32 Å². The number of hydrogen-bond acceptors (Lipinski definition) is 2. The van der Waals surface area contributed by atoms with E-state index in [2.05, 4.69) is 5.32 Å². The number of amides is 1. The fourth-order valence-electron chi connectivity index (χ4n) is 1.34. The molecule has 0 bridgehead atoms. The monoisotopic (exact) mass is 259 g/mol. The van der Waals surface area contributed by atoms with Crippen molar-refractivity contribution in [2.45, 2.75) is 26.5 Å². The van der Waals surface area contributed by atoms with Crippen LogP contribution in [0.1, 0.15) is 19.4 Å². The highest BCUT2D eigenvalue weighted by molar-refractivity contribution is 6.31. The molecule has 3 nitrogen and oxygen atoms in total. The molecule has 1 aromatic carbocycles. The average molecular weight is 260 g/mol. The van der Waals surface area contributed by atoms with Crippen LogP contribution in [-0.4, -0.2) is 18.6 Å². The number of ether oxygens (including phenoxy) is 1. The maximum atomic E-state index is 13.1. The third kappa shape index (κ3) is 3.98. The molecule has 0 radical (unpaired) electrons. The normalized spacial score (nSPS) is 12.2. The Morgan fingerprint density at radius 2 is 2.29 bits per heavy atom. The minimum absolute atomic E-state index is 0.0388. The van der Waals surface area contributed by atoms with Gasteiger partial charge in [-0.2, -0.15) is 0 Å². The van der Waals surface area contributed by atoms with E-state index in [9.17, 15) is 9.18 Å². The molecular weight excluding hydrogens is 245 g/mol. The molecule has 5 heteroatoms. The smallest absolute Gasteiger partial charge is 0.249 e. The van der Waals surface area contributed by atoms with E-state index >= 15 is 0 Å². The summed E-state index contributed by atoms with van der Waals surface area (Å²) in [7, 11) is 0. The van der Waals surface area contributed by atoms with E-state index in [4.69, 9.17) is 16.3 Å². The highest BCUT2D eigenvalue weighted by Crippen LogP contribution is 2.19. The Bertz CT molecular complexity index is 398. The van der Waals surface area contributed by atoms with Gasteiger partial charge in [-0.25, -0.2) is 4.39 Å². The molecule has 1 aromatic rings. The van der Waals surface area contributed by atoms with Gasteiger partial charge in [-0.3, -0.25) is 4.79 Å². The Morgan fingerprint density at radius 3 is 2.94 bits per heavy atom. The van der Waals surface area contributed by atoms with E-state index in [1.165, 1.54) is 6.07 Å². The number of hydrogen-bond donors (Lipinski definition) is 1. The van der Waals surface area contributed by atoms with Crippen molar-refractivity contribution in [1.29, 1.82) is 0 Å². The molecule has 1 atom stereocenters. The molecule has 0 saturated carbocycles. The Morgan fingerprint density at radius 1 is 1.59 bits per heavy atom. The summed E-state index contributed by atoms with van der Waals surface area (Å²) in [5.41, 5.74) is 0.545. The molecule has 1 unspecified atom stereocenters. The zero-order valence-electron chi connectivity index (χ0n) is 9.80. The summed E-state index contributed by atoms with van der Waals surface area (Å²) in [6.07, 6.45) is -0.521. The summed E-state index contributed by atoms with van der Waals surface area (Å²) in [5, 5.41) is 2.68. The molecule has 94 valence electrons. The number of nitrogens with one attached hydrogen (secondary N) is 1. The van der Waals surface area contributed by atoms with E-state index in [0.717, 1.165) is 0 Å². The molecule has 0 heterocycles. The molecule has 0 aliphatic rings. The topological polar surface area (TPSA) is 38.3 Å². The minimum Gasteiger partial charge on any atom is -0.369 e. The van der Waals surface area contributed by atoms with Crippen LogP contribution in [0.2, 0.25) is 5.02 Å². The second-order valence-corrected chi connectivity index (χ2v) is 3.91.